The predicted molar refractivity (Wildman–Crippen MR) is 86.4 cm³/mol. The monoisotopic (exact) mass is 345 g/mol. The first kappa shape index (κ1) is 13.9. The lowest BCUT2D eigenvalue weighted by Crippen LogP contribution is -1.99. The summed E-state index contributed by atoms with van der Waals surface area (Å²) in [5, 5.41) is 0.875. The average Bonchev–Trinajstić information content (AvgIpc) is 2.48. The van der Waals surface area contributed by atoms with Gasteiger partial charge in [-0.1, -0.05) is 6.92 Å². The molecule has 0 fully saturated rings. The molecule has 3 aromatic rings. The van der Waals surface area contributed by atoms with E-state index in [1.165, 1.54) is 6.07 Å². The quantitative estimate of drug-likeness (QED) is 0.751. The van der Waals surface area contributed by atoms with Crippen molar-refractivity contribution in [2.45, 2.75) is 13.3 Å². The van der Waals surface area contributed by atoms with Crippen LogP contribution in [0.15, 0.2) is 41.0 Å². The molecule has 0 bridgehead atoms. The number of nitrogens with two attached hydrogens (primary N) is 1. The van der Waals surface area contributed by atoms with E-state index in [0.717, 1.165) is 21.1 Å². The first-order valence-corrected chi connectivity index (χ1v) is 7.39. The molecule has 3 rings (SSSR count). The molecule has 2 aromatic heterocycles. The normalized spacial score (nSPS) is 11.0. The van der Waals surface area contributed by atoms with Crippen molar-refractivity contribution in [1.29, 1.82) is 0 Å². The molecule has 1 aromatic carbocycles. The van der Waals surface area contributed by atoms with Gasteiger partial charge in [-0.15, -0.1) is 0 Å². The molecule has 3 nitrogen and oxygen atoms in total. The Balaban J connectivity index is 2.36. The van der Waals surface area contributed by atoms with E-state index in [-0.39, 0.29) is 5.82 Å². The average molecular weight is 346 g/mol. The zero-order chi connectivity index (χ0) is 15.0. The summed E-state index contributed by atoms with van der Waals surface area (Å²) in [4.78, 5) is 8.68. The van der Waals surface area contributed by atoms with Crippen molar-refractivity contribution in [1.82, 2.24) is 9.97 Å². The summed E-state index contributed by atoms with van der Waals surface area (Å²) < 4.78 is 15.3. The van der Waals surface area contributed by atoms with Crippen LogP contribution in [0.4, 0.5) is 10.2 Å². The number of nitrogens with zero attached hydrogens (tertiary/aromatic N) is 2. The lowest BCUT2D eigenvalue weighted by Gasteiger charge is -2.12. The van der Waals surface area contributed by atoms with E-state index in [2.05, 4.69) is 25.9 Å². The van der Waals surface area contributed by atoms with Crippen molar-refractivity contribution in [3.63, 3.8) is 0 Å². The number of nitrogen functional groups attached to an aromatic ring is 1. The third-order valence-electron chi connectivity index (χ3n) is 3.37. The number of anilines is 1. The molecule has 0 spiro atoms. The molecule has 106 valence electrons. The van der Waals surface area contributed by atoms with Crippen LogP contribution in [0, 0.1) is 5.82 Å². The largest absolute Gasteiger partial charge is 0.384 e. The first-order valence-electron chi connectivity index (χ1n) is 6.59. The predicted octanol–water partition coefficient (Wildman–Crippen LogP) is 4.34. The number of benzene rings is 1. The van der Waals surface area contributed by atoms with Crippen LogP contribution in [0.3, 0.4) is 0 Å². The van der Waals surface area contributed by atoms with Gasteiger partial charge in [0.15, 0.2) is 0 Å². The zero-order valence-corrected chi connectivity index (χ0v) is 13.0. The minimum atomic E-state index is -0.307. The second-order valence-corrected chi connectivity index (χ2v) is 5.65. The molecule has 21 heavy (non-hydrogen) atoms. The molecule has 0 unspecified atom stereocenters. The van der Waals surface area contributed by atoms with Gasteiger partial charge in [0.1, 0.15) is 11.6 Å². The van der Waals surface area contributed by atoms with E-state index in [9.17, 15) is 4.39 Å². The molecule has 0 aliphatic heterocycles. The summed E-state index contributed by atoms with van der Waals surface area (Å²) in [6.45, 7) is 1.97. The molecule has 0 saturated heterocycles. The molecule has 0 amide bonds. The van der Waals surface area contributed by atoms with Crippen LogP contribution in [0.1, 0.15) is 12.6 Å². The van der Waals surface area contributed by atoms with Crippen LogP contribution in [0.2, 0.25) is 0 Å². The highest BCUT2D eigenvalue weighted by molar-refractivity contribution is 9.10. The SMILES string of the molecule is CCc1nc(N)ccc1-c1c(F)ccc2cc(Br)cnc12. The molecule has 0 aliphatic rings. The standard InChI is InChI=1S/C16H13BrFN3/c1-2-13-11(4-6-14(19)21-13)15-12(18)5-3-9-7-10(17)8-20-16(9)15/h3-8H,2H2,1H3,(H2,19,21). The first-order chi connectivity index (χ1) is 10.1. The highest BCUT2D eigenvalue weighted by atomic mass is 79.9. The van der Waals surface area contributed by atoms with Crippen molar-refractivity contribution in [2.24, 2.45) is 0 Å². The van der Waals surface area contributed by atoms with Crippen LogP contribution in [0.25, 0.3) is 22.0 Å². The minimum Gasteiger partial charge on any atom is -0.384 e. The number of aryl methyl sites for hydroxylation is 1. The molecule has 0 saturated carbocycles. The summed E-state index contributed by atoms with van der Waals surface area (Å²) in [6.07, 6.45) is 2.34. The van der Waals surface area contributed by atoms with E-state index in [1.54, 1.807) is 18.3 Å². The van der Waals surface area contributed by atoms with Crippen LogP contribution >= 0.6 is 15.9 Å². The van der Waals surface area contributed by atoms with Gasteiger partial charge in [-0.25, -0.2) is 9.37 Å². The number of aromatic nitrogens is 2. The van der Waals surface area contributed by atoms with Crippen LogP contribution in [-0.2, 0) is 6.42 Å². The Bertz CT molecular complexity index is 833. The number of fused-ring (bicyclic) bond motifs is 1. The lowest BCUT2D eigenvalue weighted by molar-refractivity contribution is 0.632. The van der Waals surface area contributed by atoms with Crippen LogP contribution in [0.5, 0.6) is 0 Å². The maximum absolute atomic E-state index is 14.4. The van der Waals surface area contributed by atoms with Crippen molar-refractivity contribution >= 4 is 32.7 Å². The third kappa shape index (κ3) is 2.49. The van der Waals surface area contributed by atoms with Gasteiger partial charge in [-0.3, -0.25) is 4.98 Å². The Morgan fingerprint density at radius 2 is 2.05 bits per heavy atom. The van der Waals surface area contributed by atoms with Gasteiger partial charge in [0.05, 0.1) is 11.2 Å². The maximum atomic E-state index is 14.4. The second-order valence-electron chi connectivity index (χ2n) is 4.73. The number of pyridine rings is 2. The third-order valence-corrected chi connectivity index (χ3v) is 3.80. The van der Waals surface area contributed by atoms with Gasteiger partial charge in [0.25, 0.3) is 0 Å². The topological polar surface area (TPSA) is 51.8 Å². The minimum absolute atomic E-state index is 0.307. The molecule has 0 aliphatic carbocycles. The van der Waals surface area contributed by atoms with E-state index >= 15 is 0 Å². The highest BCUT2D eigenvalue weighted by Gasteiger charge is 2.15. The molecular weight excluding hydrogens is 333 g/mol. The maximum Gasteiger partial charge on any atom is 0.133 e. The molecular formula is C16H13BrFN3. The number of rotatable bonds is 2. The van der Waals surface area contributed by atoms with Crippen LogP contribution < -0.4 is 5.73 Å². The van der Waals surface area contributed by atoms with Crippen molar-refractivity contribution in [3.8, 4) is 11.1 Å². The summed E-state index contributed by atoms with van der Waals surface area (Å²) in [5.74, 6) is 0.130. The van der Waals surface area contributed by atoms with Gasteiger partial charge in [-0.05, 0) is 52.7 Å². The van der Waals surface area contributed by atoms with E-state index < -0.39 is 0 Å². The van der Waals surface area contributed by atoms with Gasteiger partial charge < -0.3 is 5.73 Å². The Morgan fingerprint density at radius 1 is 1.24 bits per heavy atom. The second kappa shape index (κ2) is 5.41. The molecule has 2 heterocycles. The summed E-state index contributed by atoms with van der Waals surface area (Å²) in [5.41, 5.74) is 8.34. The van der Waals surface area contributed by atoms with Crippen molar-refractivity contribution in [3.05, 3.63) is 52.5 Å². The molecule has 0 atom stereocenters. The Kier molecular flexibility index (Phi) is 3.59. The Labute approximate surface area is 130 Å². The fourth-order valence-electron chi connectivity index (χ4n) is 2.42. The van der Waals surface area contributed by atoms with Crippen LogP contribution in [-0.4, -0.2) is 9.97 Å². The molecule has 2 N–H and O–H groups in total. The Hall–Kier alpha value is -2.01. The Morgan fingerprint density at radius 3 is 2.81 bits per heavy atom. The summed E-state index contributed by atoms with van der Waals surface area (Å²) in [6, 6.07) is 8.60. The van der Waals surface area contributed by atoms with E-state index in [0.29, 0.717) is 23.3 Å². The van der Waals surface area contributed by atoms with Gasteiger partial charge >= 0.3 is 0 Å². The number of hydrogen-bond acceptors (Lipinski definition) is 3. The fourth-order valence-corrected chi connectivity index (χ4v) is 2.77. The number of halogens is 2. The highest BCUT2D eigenvalue weighted by Crippen LogP contribution is 2.33. The zero-order valence-electron chi connectivity index (χ0n) is 11.4. The summed E-state index contributed by atoms with van der Waals surface area (Å²) >= 11 is 3.38. The lowest BCUT2D eigenvalue weighted by atomic mass is 9.99. The van der Waals surface area contributed by atoms with Gasteiger partial charge in [0.2, 0.25) is 0 Å². The van der Waals surface area contributed by atoms with Gasteiger partial charge in [0, 0.05) is 27.2 Å². The smallest absolute Gasteiger partial charge is 0.133 e. The van der Waals surface area contributed by atoms with Crippen molar-refractivity contribution in [2.75, 3.05) is 5.73 Å². The summed E-state index contributed by atoms with van der Waals surface area (Å²) in [7, 11) is 0. The van der Waals surface area contributed by atoms with Gasteiger partial charge in [-0.2, -0.15) is 0 Å². The fraction of sp³-hybridized carbons (Fsp3) is 0.125. The van der Waals surface area contributed by atoms with E-state index in [1.807, 2.05) is 19.1 Å². The molecule has 5 heteroatoms. The van der Waals surface area contributed by atoms with Crippen molar-refractivity contribution < 1.29 is 4.39 Å². The molecule has 0 radical (unpaired) electrons. The number of hydrogen-bond donors (Lipinski definition) is 1. The van der Waals surface area contributed by atoms with E-state index in [4.69, 9.17) is 5.73 Å².